The van der Waals surface area contributed by atoms with E-state index in [9.17, 15) is 19.5 Å². The molecule has 0 bridgehead atoms. The highest BCUT2D eigenvalue weighted by Crippen LogP contribution is 2.29. The van der Waals surface area contributed by atoms with E-state index in [2.05, 4.69) is 5.32 Å². The number of aliphatic hydroxyl groups excluding tert-OH is 1. The first-order chi connectivity index (χ1) is 22.2. The van der Waals surface area contributed by atoms with E-state index in [1.807, 2.05) is 63.1 Å². The topological polar surface area (TPSA) is 108 Å². The van der Waals surface area contributed by atoms with Gasteiger partial charge < -0.3 is 29.7 Å². The van der Waals surface area contributed by atoms with Gasteiger partial charge in [-0.15, -0.1) is 0 Å². The first-order valence-corrected chi connectivity index (χ1v) is 17.1. The van der Waals surface area contributed by atoms with E-state index >= 15 is 0 Å². The monoisotopic (exact) mass is 635 g/mol. The lowest BCUT2D eigenvalue weighted by atomic mass is 9.88. The number of nitrogens with one attached hydrogen (secondary N) is 1. The Labute approximate surface area is 274 Å². The number of hydrogen-bond acceptors (Lipinski definition) is 6. The number of nitrogens with zero attached hydrogens (tertiary/aromatic N) is 2. The van der Waals surface area contributed by atoms with E-state index in [-0.39, 0.29) is 54.8 Å². The zero-order chi connectivity index (χ0) is 33.1. The zero-order valence-electron chi connectivity index (χ0n) is 28.1. The van der Waals surface area contributed by atoms with Crippen LogP contribution in [0.5, 0.6) is 5.75 Å². The van der Waals surface area contributed by atoms with Gasteiger partial charge in [0.25, 0.3) is 5.91 Å². The smallest absolute Gasteiger partial charge is 0.258 e. The summed E-state index contributed by atoms with van der Waals surface area (Å²) in [5, 5.41) is 13.2. The predicted molar refractivity (Wildman–Crippen MR) is 180 cm³/mol. The Hall–Kier alpha value is -3.43. The molecule has 9 nitrogen and oxygen atoms in total. The summed E-state index contributed by atoms with van der Waals surface area (Å²) in [7, 11) is 1.86. The fourth-order valence-electron chi connectivity index (χ4n) is 6.47. The summed E-state index contributed by atoms with van der Waals surface area (Å²) in [6, 6.07) is 14.2. The molecule has 1 saturated carbocycles. The first-order valence-electron chi connectivity index (χ1n) is 17.1. The molecule has 1 aliphatic heterocycles. The Morgan fingerprint density at radius 2 is 1.74 bits per heavy atom. The molecule has 2 N–H and O–H groups in total. The summed E-state index contributed by atoms with van der Waals surface area (Å²) in [5.41, 5.74) is 1.72. The number of carbonyl (C=O) groups is 3. The summed E-state index contributed by atoms with van der Waals surface area (Å²) < 4.78 is 12.7. The minimum atomic E-state index is -0.480. The van der Waals surface area contributed by atoms with Gasteiger partial charge in [0, 0.05) is 44.3 Å². The SMILES string of the molecule is C[C@H](CO)N1C[C@H](C)[C@@H](CN(C)C(=O)C2CCCCC2)OCCCC[C@H](C)Oc2ccc(NC(=O)Cc3ccccc3)cc2C1=O. The van der Waals surface area contributed by atoms with Crippen molar-refractivity contribution < 1.29 is 29.0 Å². The molecule has 4 atom stereocenters. The average molecular weight is 636 g/mol. The van der Waals surface area contributed by atoms with Gasteiger partial charge in [0.05, 0.1) is 36.8 Å². The van der Waals surface area contributed by atoms with Gasteiger partial charge in [-0.2, -0.15) is 0 Å². The quantitative estimate of drug-likeness (QED) is 0.385. The summed E-state index contributed by atoms with van der Waals surface area (Å²) >= 11 is 0. The van der Waals surface area contributed by atoms with Gasteiger partial charge in [-0.05, 0) is 69.7 Å². The Balaban J connectivity index is 1.58. The average Bonchev–Trinajstić information content (AvgIpc) is 3.06. The number of ether oxygens (including phenoxy) is 2. The number of carbonyl (C=O) groups excluding carboxylic acids is 3. The Bertz CT molecular complexity index is 1280. The van der Waals surface area contributed by atoms with Crippen LogP contribution < -0.4 is 10.1 Å². The molecule has 252 valence electrons. The molecule has 0 radical (unpaired) electrons. The molecule has 1 aliphatic carbocycles. The largest absolute Gasteiger partial charge is 0.490 e. The Morgan fingerprint density at radius 1 is 1.02 bits per heavy atom. The second-order valence-electron chi connectivity index (χ2n) is 13.3. The normalized spacial score (nSPS) is 22.6. The van der Waals surface area contributed by atoms with Gasteiger partial charge in [-0.3, -0.25) is 14.4 Å². The van der Waals surface area contributed by atoms with Crippen LogP contribution in [0.25, 0.3) is 0 Å². The third kappa shape index (κ3) is 10.0. The standard InChI is InChI=1S/C37H53N3O6/c1-26-23-40(27(2)25-41)37(44)32-22-31(38-35(42)21-29-14-7-5-8-15-29)18-19-33(32)46-28(3)13-11-12-20-45-34(26)24-39(4)36(43)30-16-9-6-10-17-30/h5,7-8,14-15,18-19,22,26-28,30,34,41H,6,9-13,16-17,20-21,23-25H2,1-4H3,(H,38,42)/t26-,27+,28-,34+/m0/s1. The molecule has 0 unspecified atom stereocenters. The molecule has 46 heavy (non-hydrogen) atoms. The molecule has 9 heteroatoms. The van der Waals surface area contributed by atoms with Gasteiger partial charge >= 0.3 is 0 Å². The van der Waals surface area contributed by atoms with Crippen LogP contribution in [0.2, 0.25) is 0 Å². The highest BCUT2D eigenvalue weighted by atomic mass is 16.5. The highest BCUT2D eigenvalue weighted by molar-refractivity contribution is 6.00. The van der Waals surface area contributed by atoms with Crippen LogP contribution in [0.3, 0.4) is 0 Å². The third-order valence-corrected chi connectivity index (χ3v) is 9.33. The zero-order valence-corrected chi connectivity index (χ0v) is 28.1. The van der Waals surface area contributed by atoms with Crippen molar-refractivity contribution in [2.45, 2.75) is 96.8 Å². The maximum atomic E-state index is 14.3. The molecule has 0 aromatic heterocycles. The molecule has 3 amide bonds. The van der Waals surface area contributed by atoms with Crippen LogP contribution >= 0.6 is 0 Å². The van der Waals surface area contributed by atoms with Gasteiger partial charge in [0.2, 0.25) is 11.8 Å². The molecule has 2 aromatic carbocycles. The number of anilines is 1. The van der Waals surface area contributed by atoms with Crippen LogP contribution in [0.4, 0.5) is 5.69 Å². The number of amides is 3. The van der Waals surface area contributed by atoms with Crippen LogP contribution in [-0.4, -0.2) is 84.2 Å². The molecule has 2 aromatic rings. The lowest BCUT2D eigenvalue weighted by Gasteiger charge is -2.36. The second kappa shape index (κ2) is 17.5. The van der Waals surface area contributed by atoms with Crippen LogP contribution in [0.15, 0.2) is 48.5 Å². The third-order valence-electron chi connectivity index (χ3n) is 9.33. The Morgan fingerprint density at radius 3 is 2.46 bits per heavy atom. The van der Waals surface area contributed by atoms with E-state index in [1.54, 1.807) is 23.1 Å². The van der Waals surface area contributed by atoms with Crippen molar-refractivity contribution in [2.75, 3.05) is 38.7 Å². The van der Waals surface area contributed by atoms with Crippen molar-refractivity contribution in [1.29, 1.82) is 0 Å². The van der Waals surface area contributed by atoms with Crippen molar-refractivity contribution in [3.05, 3.63) is 59.7 Å². The van der Waals surface area contributed by atoms with Crippen LogP contribution in [0.1, 0.15) is 88.1 Å². The number of rotatable bonds is 8. The molecule has 1 heterocycles. The summed E-state index contributed by atoms with van der Waals surface area (Å²) in [6.07, 6.45) is 7.58. The van der Waals surface area contributed by atoms with Gasteiger partial charge in [0.15, 0.2) is 0 Å². The van der Waals surface area contributed by atoms with E-state index < -0.39 is 6.04 Å². The van der Waals surface area contributed by atoms with E-state index in [0.717, 1.165) is 50.5 Å². The van der Waals surface area contributed by atoms with E-state index in [0.29, 0.717) is 36.7 Å². The van der Waals surface area contributed by atoms with E-state index in [4.69, 9.17) is 9.47 Å². The second-order valence-corrected chi connectivity index (χ2v) is 13.3. The molecule has 4 rings (SSSR count). The molecule has 0 saturated heterocycles. The van der Waals surface area contributed by atoms with Gasteiger partial charge in [-0.25, -0.2) is 0 Å². The minimum Gasteiger partial charge on any atom is -0.490 e. The fraction of sp³-hybridized carbons (Fsp3) is 0.595. The van der Waals surface area contributed by atoms with Crippen molar-refractivity contribution in [2.24, 2.45) is 11.8 Å². The summed E-state index contributed by atoms with van der Waals surface area (Å²) in [4.78, 5) is 44.0. The lowest BCUT2D eigenvalue weighted by molar-refractivity contribution is -0.138. The molecule has 1 fully saturated rings. The number of hydrogen-bond donors (Lipinski definition) is 2. The van der Waals surface area contributed by atoms with Gasteiger partial charge in [0.1, 0.15) is 5.75 Å². The van der Waals surface area contributed by atoms with Crippen molar-refractivity contribution in [3.8, 4) is 5.75 Å². The first kappa shape index (κ1) is 35.4. The number of fused-ring (bicyclic) bond motifs is 1. The van der Waals surface area contributed by atoms with Gasteiger partial charge in [-0.1, -0.05) is 56.5 Å². The lowest BCUT2D eigenvalue weighted by Crippen LogP contribution is -2.48. The Kier molecular flexibility index (Phi) is 13.5. The summed E-state index contributed by atoms with van der Waals surface area (Å²) in [6.45, 7) is 6.94. The molecular formula is C37H53N3O6. The van der Waals surface area contributed by atoms with Crippen molar-refractivity contribution in [3.63, 3.8) is 0 Å². The number of likely N-dealkylation sites (N-methyl/N-ethyl adjacent to an activating group) is 1. The molecule has 0 spiro atoms. The van der Waals surface area contributed by atoms with Crippen molar-refractivity contribution in [1.82, 2.24) is 9.80 Å². The molecule has 2 aliphatic rings. The maximum Gasteiger partial charge on any atom is 0.258 e. The maximum absolute atomic E-state index is 14.3. The van der Waals surface area contributed by atoms with Crippen molar-refractivity contribution >= 4 is 23.4 Å². The highest BCUT2D eigenvalue weighted by Gasteiger charge is 2.32. The van der Waals surface area contributed by atoms with Crippen LogP contribution in [0, 0.1) is 11.8 Å². The fourth-order valence-corrected chi connectivity index (χ4v) is 6.47. The number of aliphatic hydroxyl groups is 1. The van der Waals surface area contributed by atoms with E-state index in [1.165, 1.54) is 6.42 Å². The predicted octanol–water partition coefficient (Wildman–Crippen LogP) is 5.70. The minimum absolute atomic E-state index is 0.0698. The number of benzene rings is 2. The summed E-state index contributed by atoms with van der Waals surface area (Å²) in [5.74, 6) is 0.0874. The van der Waals surface area contributed by atoms with Crippen LogP contribution in [-0.2, 0) is 20.7 Å². The molecular weight excluding hydrogens is 582 g/mol.